The van der Waals surface area contributed by atoms with E-state index in [1.807, 2.05) is 18.2 Å². The third-order valence-electron chi connectivity index (χ3n) is 2.64. The molecule has 0 fully saturated rings. The lowest BCUT2D eigenvalue weighted by molar-refractivity contribution is 1.24. The van der Waals surface area contributed by atoms with Crippen molar-refractivity contribution in [1.29, 1.82) is 0 Å². The number of hydrogen-bond acceptors (Lipinski definition) is 3. The number of imidazole rings is 1. The number of nitrogens with zero attached hydrogens (tertiary/aromatic N) is 1. The number of fused-ring (bicyclic) bond motifs is 1. The van der Waals surface area contributed by atoms with E-state index in [0.29, 0.717) is 17.0 Å². The monoisotopic (exact) mass is 226 g/mol. The lowest BCUT2D eigenvalue weighted by atomic mass is 10.1. The van der Waals surface area contributed by atoms with Gasteiger partial charge in [-0.05, 0) is 18.2 Å². The Bertz CT molecular complexity index is 741. The topological polar surface area (TPSA) is 87.6 Å². The van der Waals surface area contributed by atoms with Gasteiger partial charge in [0, 0.05) is 17.3 Å². The summed E-state index contributed by atoms with van der Waals surface area (Å²) < 4.78 is 0. The zero-order valence-corrected chi connectivity index (χ0v) is 8.90. The number of anilines is 1. The Hall–Kier alpha value is -2.56. The van der Waals surface area contributed by atoms with E-state index in [0.717, 1.165) is 11.1 Å². The summed E-state index contributed by atoms with van der Waals surface area (Å²) in [6, 6.07) is 9.14. The van der Waals surface area contributed by atoms with E-state index in [-0.39, 0.29) is 5.56 Å². The first-order chi connectivity index (χ1) is 8.25. The fourth-order valence-electron chi connectivity index (χ4n) is 1.90. The van der Waals surface area contributed by atoms with Crippen LogP contribution in [0.3, 0.4) is 0 Å². The van der Waals surface area contributed by atoms with Crippen LogP contribution in [0.2, 0.25) is 0 Å². The van der Waals surface area contributed by atoms with Crippen LogP contribution in [-0.4, -0.2) is 15.0 Å². The summed E-state index contributed by atoms with van der Waals surface area (Å²) in [5, 5.41) is 0. The molecule has 0 spiro atoms. The summed E-state index contributed by atoms with van der Waals surface area (Å²) in [5.74, 6) is 0.347. The molecule has 4 N–H and O–H groups in total. The predicted octanol–water partition coefficient (Wildman–Crippen LogP) is 1.50. The van der Waals surface area contributed by atoms with Crippen molar-refractivity contribution in [1.82, 2.24) is 15.0 Å². The molecule has 0 aliphatic carbocycles. The van der Waals surface area contributed by atoms with Gasteiger partial charge in [0.15, 0.2) is 5.95 Å². The van der Waals surface area contributed by atoms with E-state index in [4.69, 9.17) is 5.73 Å². The van der Waals surface area contributed by atoms with Gasteiger partial charge in [-0.2, -0.15) is 0 Å². The van der Waals surface area contributed by atoms with Crippen LogP contribution >= 0.6 is 0 Å². The minimum Gasteiger partial charge on any atom is -0.369 e. The quantitative estimate of drug-likeness (QED) is 0.587. The molecular formula is C12H10N4O. The number of hydrogen-bond donors (Lipinski definition) is 3. The van der Waals surface area contributed by atoms with Crippen LogP contribution in [-0.2, 0) is 0 Å². The zero-order valence-electron chi connectivity index (χ0n) is 8.90. The highest BCUT2D eigenvalue weighted by Crippen LogP contribution is 2.24. The number of aromatic nitrogens is 3. The summed E-state index contributed by atoms with van der Waals surface area (Å²) in [5.41, 5.74) is 8.38. The molecule has 5 heteroatoms. The van der Waals surface area contributed by atoms with Crippen molar-refractivity contribution < 1.29 is 0 Å². The number of nitrogen functional groups attached to an aromatic ring is 1. The summed E-state index contributed by atoms with van der Waals surface area (Å²) in [4.78, 5) is 21.5. The SMILES string of the molecule is Nc1nc2c(-c3ccc[nH]c3=O)cccc2[nH]1. The van der Waals surface area contributed by atoms with Crippen molar-refractivity contribution in [3.8, 4) is 11.1 Å². The van der Waals surface area contributed by atoms with Crippen molar-refractivity contribution >= 4 is 17.0 Å². The second-order valence-corrected chi connectivity index (χ2v) is 3.74. The van der Waals surface area contributed by atoms with Crippen LogP contribution in [0.4, 0.5) is 5.95 Å². The van der Waals surface area contributed by atoms with Gasteiger partial charge in [-0.3, -0.25) is 4.79 Å². The Morgan fingerprint density at radius 3 is 2.76 bits per heavy atom. The van der Waals surface area contributed by atoms with Crippen LogP contribution < -0.4 is 11.3 Å². The maximum Gasteiger partial charge on any atom is 0.255 e. The Labute approximate surface area is 96.3 Å². The fourth-order valence-corrected chi connectivity index (χ4v) is 1.90. The van der Waals surface area contributed by atoms with Gasteiger partial charge in [-0.15, -0.1) is 0 Å². The van der Waals surface area contributed by atoms with Crippen molar-refractivity contribution in [2.45, 2.75) is 0 Å². The van der Waals surface area contributed by atoms with Crippen molar-refractivity contribution in [3.05, 3.63) is 46.9 Å². The Morgan fingerprint density at radius 1 is 1.12 bits per heavy atom. The molecule has 0 saturated carbocycles. The highest BCUT2D eigenvalue weighted by Gasteiger charge is 2.09. The third-order valence-corrected chi connectivity index (χ3v) is 2.64. The number of H-pyrrole nitrogens is 2. The number of rotatable bonds is 1. The zero-order chi connectivity index (χ0) is 11.8. The average Bonchev–Trinajstić information content (AvgIpc) is 2.70. The molecule has 0 aliphatic heterocycles. The second-order valence-electron chi connectivity index (χ2n) is 3.74. The lowest BCUT2D eigenvalue weighted by Gasteiger charge is -2.00. The van der Waals surface area contributed by atoms with E-state index in [2.05, 4.69) is 15.0 Å². The number of pyridine rings is 1. The minimum absolute atomic E-state index is 0.137. The molecule has 0 unspecified atom stereocenters. The molecule has 84 valence electrons. The molecule has 3 aromatic rings. The fraction of sp³-hybridized carbons (Fsp3) is 0. The highest BCUT2D eigenvalue weighted by molar-refractivity contribution is 5.92. The standard InChI is InChI=1S/C12H10N4O/c13-12-15-9-5-1-3-7(10(9)16-12)8-4-2-6-14-11(8)17/h1-6H,(H,14,17)(H3,13,15,16). The van der Waals surface area contributed by atoms with Crippen molar-refractivity contribution in [2.75, 3.05) is 5.73 Å². The first-order valence-electron chi connectivity index (χ1n) is 5.18. The molecule has 5 nitrogen and oxygen atoms in total. The molecular weight excluding hydrogens is 216 g/mol. The maximum absolute atomic E-state index is 11.7. The van der Waals surface area contributed by atoms with E-state index < -0.39 is 0 Å². The first-order valence-corrected chi connectivity index (χ1v) is 5.18. The molecule has 0 aliphatic rings. The Balaban J connectivity index is 2.38. The van der Waals surface area contributed by atoms with Gasteiger partial charge in [-0.1, -0.05) is 12.1 Å². The van der Waals surface area contributed by atoms with Gasteiger partial charge in [0.1, 0.15) is 0 Å². The second kappa shape index (κ2) is 3.48. The predicted molar refractivity (Wildman–Crippen MR) is 66.6 cm³/mol. The highest BCUT2D eigenvalue weighted by atomic mass is 16.1. The summed E-state index contributed by atoms with van der Waals surface area (Å²) in [6.45, 7) is 0. The van der Waals surface area contributed by atoms with Gasteiger partial charge < -0.3 is 15.7 Å². The number of nitrogens with two attached hydrogens (primary N) is 1. The van der Waals surface area contributed by atoms with Gasteiger partial charge >= 0.3 is 0 Å². The Morgan fingerprint density at radius 2 is 1.94 bits per heavy atom. The van der Waals surface area contributed by atoms with Crippen molar-refractivity contribution in [2.24, 2.45) is 0 Å². The van der Waals surface area contributed by atoms with Crippen LogP contribution in [0, 0.1) is 0 Å². The number of aromatic amines is 2. The summed E-state index contributed by atoms with van der Waals surface area (Å²) in [6.07, 6.45) is 1.60. The largest absolute Gasteiger partial charge is 0.369 e. The molecule has 0 amide bonds. The van der Waals surface area contributed by atoms with E-state index >= 15 is 0 Å². The smallest absolute Gasteiger partial charge is 0.255 e. The van der Waals surface area contributed by atoms with E-state index in [1.54, 1.807) is 18.3 Å². The number of para-hydroxylation sites is 1. The summed E-state index contributed by atoms with van der Waals surface area (Å²) >= 11 is 0. The van der Waals surface area contributed by atoms with Gasteiger partial charge in [0.05, 0.1) is 11.0 Å². The van der Waals surface area contributed by atoms with Gasteiger partial charge in [-0.25, -0.2) is 4.98 Å². The van der Waals surface area contributed by atoms with Crippen LogP contribution in [0.25, 0.3) is 22.2 Å². The number of benzene rings is 1. The molecule has 0 atom stereocenters. The molecule has 2 heterocycles. The van der Waals surface area contributed by atoms with Gasteiger partial charge in [0.25, 0.3) is 5.56 Å². The summed E-state index contributed by atoms with van der Waals surface area (Å²) in [7, 11) is 0. The molecule has 0 radical (unpaired) electrons. The lowest BCUT2D eigenvalue weighted by Crippen LogP contribution is -2.07. The maximum atomic E-state index is 11.7. The molecule has 17 heavy (non-hydrogen) atoms. The van der Waals surface area contributed by atoms with E-state index in [1.165, 1.54) is 0 Å². The van der Waals surface area contributed by atoms with Gasteiger partial charge in [0.2, 0.25) is 0 Å². The average molecular weight is 226 g/mol. The third kappa shape index (κ3) is 1.48. The van der Waals surface area contributed by atoms with Crippen LogP contribution in [0.5, 0.6) is 0 Å². The molecule has 0 saturated heterocycles. The molecule has 2 aromatic heterocycles. The van der Waals surface area contributed by atoms with Crippen LogP contribution in [0.1, 0.15) is 0 Å². The minimum atomic E-state index is -0.137. The van der Waals surface area contributed by atoms with Crippen LogP contribution in [0.15, 0.2) is 41.3 Å². The first kappa shape index (κ1) is 9.65. The van der Waals surface area contributed by atoms with Crippen molar-refractivity contribution in [3.63, 3.8) is 0 Å². The molecule has 3 rings (SSSR count). The number of nitrogens with one attached hydrogen (secondary N) is 2. The molecule has 1 aromatic carbocycles. The normalized spacial score (nSPS) is 10.8. The Kier molecular flexibility index (Phi) is 1.98. The van der Waals surface area contributed by atoms with E-state index in [9.17, 15) is 4.79 Å². The molecule has 0 bridgehead atoms.